The molecule has 0 radical (unpaired) electrons. The molecule has 0 spiro atoms. The number of amides is 1. The van der Waals surface area contributed by atoms with Crippen molar-refractivity contribution in [3.05, 3.63) is 47.0 Å². The van der Waals surface area contributed by atoms with Gasteiger partial charge in [0, 0.05) is 18.5 Å². The normalized spacial score (nSPS) is 16.4. The molecule has 25 heavy (non-hydrogen) atoms. The van der Waals surface area contributed by atoms with E-state index in [1.165, 1.54) is 11.3 Å². The molecule has 128 valence electrons. The number of aryl methyl sites for hydroxylation is 2. The predicted octanol–water partition coefficient (Wildman–Crippen LogP) is 1.98. The fourth-order valence-electron chi connectivity index (χ4n) is 3.01. The van der Waals surface area contributed by atoms with Crippen LogP contribution in [0.2, 0.25) is 0 Å². The second-order valence-electron chi connectivity index (χ2n) is 6.09. The van der Waals surface area contributed by atoms with Crippen molar-refractivity contribution < 1.29 is 4.79 Å². The minimum absolute atomic E-state index is 0.0511. The summed E-state index contributed by atoms with van der Waals surface area (Å²) >= 11 is 1.50. The van der Waals surface area contributed by atoms with Crippen molar-refractivity contribution in [3.8, 4) is 10.6 Å². The maximum Gasteiger partial charge on any atom is 0.225 e. The van der Waals surface area contributed by atoms with E-state index in [1.807, 2.05) is 41.8 Å². The van der Waals surface area contributed by atoms with Gasteiger partial charge in [0.2, 0.25) is 5.91 Å². The lowest BCUT2D eigenvalue weighted by molar-refractivity contribution is -0.126. The van der Waals surface area contributed by atoms with Crippen molar-refractivity contribution in [2.75, 3.05) is 0 Å². The van der Waals surface area contributed by atoms with Crippen molar-refractivity contribution in [2.45, 2.75) is 32.9 Å². The first kappa shape index (κ1) is 15.9. The lowest BCUT2D eigenvalue weighted by atomic mass is 9.98. The highest BCUT2D eigenvalue weighted by molar-refractivity contribution is 7.14. The molecule has 1 aromatic carbocycles. The largest absolute Gasteiger partial charge is 0.349 e. The first-order chi connectivity index (χ1) is 12.2. The SMILES string of the molecule is Cc1nnc2n1CC(C(=O)NCc1nnc(-c3ccccc3)s1)CC2. The zero-order valence-corrected chi connectivity index (χ0v) is 14.7. The topological polar surface area (TPSA) is 85.6 Å². The van der Waals surface area contributed by atoms with Crippen LogP contribution in [0.4, 0.5) is 0 Å². The number of benzene rings is 1. The summed E-state index contributed by atoms with van der Waals surface area (Å²) in [7, 11) is 0. The Labute approximate surface area is 149 Å². The van der Waals surface area contributed by atoms with Gasteiger partial charge < -0.3 is 9.88 Å². The molecule has 0 saturated carbocycles. The van der Waals surface area contributed by atoms with Crippen LogP contribution in [0.15, 0.2) is 30.3 Å². The van der Waals surface area contributed by atoms with E-state index in [-0.39, 0.29) is 11.8 Å². The summed E-state index contributed by atoms with van der Waals surface area (Å²) in [6.07, 6.45) is 1.59. The molecule has 7 nitrogen and oxygen atoms in total. The van der Waals surface area contributed by atoms with Gasteiger partial charge in [-0.1, -0.05) is 41.7 Å². The Morgan fingerprint density at radius 3 is 2.92 bits per heavy atom. The highest BCUT2D eigenvalue weighted by Crippen LogP contribution is 2.23. The van der Waals surface area contributed by atoms with Crippen molar-refractivity contribution in [1.82, 2.24) is 30.3 Å². The van der Waals surface area contributed by atoms with E-state index in [4.69, 9.17) is 0 Å². The van der Waals surface area contributed by atoms with Crippen LogP contribution >= 0.6 is 11.3 Å². The van der Waals surface area contributed by atoms with Gasteiger partial charge in [-0.05, 0) is 13.3 Å². The Hall–Kier alpha value is -2.61. The number of nitrogens with one attached hydrogen (secondary N) is 1. The molecule has 3 heterocycles. The number of rotatable bonds is 4. The highest BCUT2D eigenvalue weighted by atomic mass is 32.1. The van der Waals surface area contributed by atoms with Crippen molar-refractivity contribution in [2.24, 2.45) is 5.92 Å². The summed E-state index contributed by atoms with van der Waals surface area (Å²) < 4.78 is 2.03. The van der Waals surface area contributed by atoms with Crippen LogP contribution in [0.3, 0.4) is 0 Å². The standard InChI is InChI=1S/C17H18N6OS/c1-11-19-20-14-8-7-13(10-23(11)14)16(24)18-9-15-21-22-17(25-15)12-5-3-2-4-6-12/h2-6,13H,7-10H2,1H3,(H,18,24). The van der Waals surface area contributed by atoms with Crippen LogP contribution < -0.4 is 5.32 Å². The van der Waals surface area contributed by atoms with Crippen molar-refractivity contribution in [3.63, 3.8) is 0 Å². The highest BCUT2D eigenvalue weighted by Gasteiger charge is 2.26. The summed E-state index contributed by atoms with van der Waals surface area (Å²) in [6.45, 7) is 2.97. The van der Waals surface area contributed by atoms with Crippen molar-refractivity contribution in [1.29, 1.82) is 0 Å². The minimum Gasteiger partial charge on any atom is -0.349 e. The van der Waals surface area contributed by atoms with E-state index in [0.29, 0.717) is 13.1 Å². The average molecular weight is 354 g/mol. The van der Waals surface area contributed by atoms with Crippen LogP contribution in [0.25, 0.3) is 10.6 Å². The van der Waals surface area contributed by atoms with Crippen LogP contribution in [0, 0.1) is 12.8 Å². The molecule has 0 aliphatic carbocycles. The monoisotopic (exact) mass is 354 g/mol. The molecule has 1 aliphatic heterocycles. The maximum atomic E-state index is 12.5. The molecule has 0 saturated heterocycles. The maximum absolute atomic E-state index is 12.5. The van der Waals surface area contributed by atoms with Gasteiger partial charge in [-0.25, -0.2) is 0 Å². The number of nitrogens with zero attached hydrogens (tertiary/aromatic N) is 5. The van der Waals surface area contributed by atoms with Crippen LogP contribution in [-0.2, 0) is 24.3 Å². The van der Waals surface area contributed by atoms with Gasteiger partial charge in [-0.15, -0.1) is 20.4 Å². The predicted molar refractivity (Wildman–Crippen MR) is 93.8 cm³/mol. The summed E-state index contributed by atoms with van der Waals surface area (Å²) in [5, 5.41) is 21.3. The molecule has 3 aromatic rings. The van der Waals surface area contributed by atoms with E-state index in [2.05, 4.69) is 25.7 Å². The second kappa shape index (κ2) is 6.72. The molecule has 1 amide bonds. The fraction of sp³-hybridized carbons (Fsp3) is 0.353. The molecular weight excluding hydrogens is 336 g/mol. The van der Waals surface area contributed by atoms with E-state index in [0.717, 1.165) is 40.1 Å². The van der Waals surface area contributed by atoms with Gasteiger partial charge >= 0.3 is 0 Å². The lowest BCUT2D eigenvalue weighted by Gasteiger charge is -2.22. The Bertz CT molecular complexity index is 888. The van der Waals surface area contributed by atoms with E-state index in [9.17, 15) is 4.79 Å². The molecule has 1 N–H and O–H groups in total. The van der Waals surface area contributed by atoms with Gasteiger partial charge in [0.25, 0.3) is 0 Å². The van der Waals surface area contributed by atoms with Crippen LogP contribution in [0.1, 0.15) is 23.1 Å². The molecule has 8 heteroatoms. The molecule has 1 aliphatic rings. The summed E-state index contributed by atoms with van der Waals surface area (Å²) in [5.41, 5.74) is 1.04. The Morgan fingerprint density at radius 1 is 1.24 bits per heavy atom. The lowest BCUT2D eigenvalue weighted by Crippen LogP contribution is -2.36. The summed E-state index contributed by atoms with van der Waals surface area (Å²) in [6, 6.07) is 9.93. The molecular formula is C17H18N6OS. The first-order valence-electron chi connectivity index (χ1n) is 8.25. The molecule has 4 rings (SSSR count). The summed E-state index contributed by atoms with van der Waals surface area (Å²) in [5.74, 6) is 1.83. The van der Waals surface area contributed by atoms with Gasteiger partial charge in [-0.2, -0.15) is 0 Å². The number of hydrogen-bond donors (Lipinski definition) is 1. The zero-order chi connectivity index (χ0) is 17.2. The molecule has 1 atom stereocenters. The summed E-state index contributed by atoms with van der Waals surface area (Å²) in [4.78, 5) is 12.5. The second-order valence-corrected chi connectivity index (χ2v) is 7.16. The fourth-order valence-corrected chi connectivity index (χ4v) is 3.79. The Morgan fingerprint density at radius 2 is 2.08 bits per heavy atom. The molecule has 1 unspecified atom stereocenters. The molecule has 0 fully saturated rings. The van der Waals surface area contributed by atoms with Gasteiger partial charge in [0.1, 0.15) is 21.7 Å². The van der Waals surface area contributed by atoms with E-state index in [1.54, 1.807) is 0 Å². The molecule has 0 bridgehead atoms. The third-order valence-corrected chi connectivity index (χ3v) is 5.38. The van der Waals surface area contributed by atoms with E-state index < -0.39 is 0 Å². The molecule has 2 aromatic heterocycles. The first-order valence-corrected chi connectivity index (χ1v) is 9.06. The third-order valence-electron chi connectivity index (χ3n) is 4.40. The van der Waals surface area contributed by atoms with Crippen LogP contribution in [0.5, 0.6) is 0 Å². The van der Waals surface area contributed by atoms with Crippen molar-refractivity contribution >= 4 is 17.2 Å². The van der Waals surface area contributed by atoms with Gasteiger partial charge in [-0.3, -0.25) is 4.79 Å². The number of carbonyl (C=O) groups is 1. The van der Waals surface area contributed by atoms with E-state index >= 15 is 0 Å². The van der Waals surface area contributed by atoms with Gasteiger partial charge in [0.05, 0.1) is 12.5 Å². The van der Waals surface area contributed by atoms with Gasteiger partial charge in [0.15, 0.2) is 0 Å². The van der Waals surface area contributed by atoms with Crippen LogP contribution in [-0.4, -0.2) is 30.9 Å². The number of hydrogen-bond acceptors (Lipinski definition) is 6. The smallest absolute Gasteiger partial charge is 0.225 e. The Kier molecular flexibility index (Phi) is 4.27. The minimum atomic E-state index is -0.0521. The quantitative estimate of drug-likeness (QED) is 0.774. The number of carbonyl (C=O) groups excluding carboxylic acids is 1. The number of fused-ring (bicyclic) bond motifs is 1. The average Bonchev–Trinajstić information content (AvgIpc) is 3.27. The third kappa shape index (κ3) is 3.30. The number of aromatic nitrogens is 5. The zero-order valence-electron chi connectivity index (χ0n) is 13.8. The Balaban J connectivity index is 1.37.